The Morgan fingerprint density at radius 1 is 0.418 bits per heavy atom. The maximum Gasteiger partial charge on any atom is 0.423 e. The van der Waals surface area contributed by atoms with Crippen molar-refractivity contribution in [2.45, 2.75) is 63.3 Å². The number of ketones is 1. The van der Waals surface area contributed by atoms with Gasteiger partial charge in [0, 0.05) is 6.61 Å². The van der Waals surface area contributed by atoms with Crippen LogP contribution in [0.25, 0.3) is 0 Å². The molecule has 1 heterocycles. The van der Waals surface area contributed by atoms with Gasteiger partial charge in [-0.1, -0.05) is 54.6 Å². The van der Waals surface area contributed by atoms with Crippen LogP contribution in [-0.4, -0.2) is 275 Å². The van der Waals surface area contributed by atoms with E-state index in [0.29, 0.717) is 35.2 Å². The number of rotatable bonds is 34. The molecule has 1 aliphatic rings. The van der Waals surface area contributed by atoms with Gasteiger partial charge >= 0.3 is 90.2 Å². The second-order valence-corrected chi connectivity index (χ2v) is 19.5. The number of methoxy groups -OCH3 is 4. The second kappa shape index (κ2) is 61.3. The lowest BCUT2D eigenvalue weighted by Crippen LogP contribution is -2.45. The average Bonchev–Trinajstić information content (AvgIpc) is 0.836. The minimum absolute atomic E-state index is 0.0823. The number of esters is 3. The molecule has 0 aromatic heterocycles. The Labute approximate surface area is 617 Å². The summed E-state index contributed by atoms with van der Waals surface area (Å²) < 4.78 is 167. The van der Waals surface area contributed by atoms with Crippen LogP contribution in [-0.2, 0) is 95.4 Å². The Morgan fingerprint density at radius 3 is 1.22 bits per heavy atom. The average molecular weight is 1610 g/mol. The lowest BCUT2D eigenvalue weighted by Gasteiger charge is -2.22. The van der Waals surface area contributed by atoms with E-state index in [1.54, 1.807) is 84.9 Å². The Morgan fingerprint density at radius 2 is 0.809 bits per heavy atom. The largest absolute Gasteiger partial charge is 0.493 e. The van der Waals surface area contributed by atoms with Gasteiger partial charge in [-0.25, -0.2) is 52.7 Å². The molecule has 4 aromatic rings. The number of carboxylic acids is 9. The minimum atomic E-state index is -5.67. The van der Waals surface area contributed by atoms with E-state index in [-0.39, 0.29) is 69.3 Å². The van der Waals surface area contributed by atoms with Gasteiger partial charge in [0.05, 0.1) is 59.7 Å². The molecule has 1 fully saturated rings. The third kappa shape index (κ3) is 64.7. The number of hydrogen-bond acceptors (Lipinski definition) is 27. The molecular weight excluding hydrogens is 1530 g/mol. The number of carbonyl (C=O) groups is 13. The van der Waals surface area contributed by atoms with Crippen LogP contribution in [0.4, 0.5) is 39.5 Å². The van der Waals surface area contributed by atoms with Crippen molar-refractivity contribution < 1.29 is 214 Å². The monoisotopic (exact) mass is 1610 g/mol. The van der Waals surface area contributed by atoms with Crippen molar-refractivity contribution in [3.05, 3.63) is 114 Å². The normalized spacial score (nSPS) is 11.6. The molecule has 1 unspecified atom stereocenters. The summed E-state index contributed by atoms with van der Waals surface area (Å²) in [4.78, 5) is 133. The maximum absolute atomic E-state index is 11.6. The molecule has 618 valence electrons. The van der Waals surface area contributed by atoms with Crippen LogP contribution >= 0.6 is 0 Å². The number of para-hydroxylation sites is 5. The molecule has 45 heteroatoms. The number of Topliss-reactive ketones (excluding diaryl/α,β-unsaturated/α-hetero) is 1. The summed E-state index contributed by atoms with van der Waals surface area (Å²) in [6.45, 7) is -4.39. The van der Waals surface area contributed by atoms with Crippen molar-refractivity contribution in [2.75, 3.05) is 121 Å². The molecular formula is C65H79F9O36. The first-order valence-corrected chi connectivity index (χ1v) is 30.2. The molecule has 0 spiro atoms. The predicted molar refractivity (Wildman–Crippen MR) is 348 cm³/mol. The molecule has 0 amide bonds. The number of hydrogen-bond donors (Lipinski definition) is 9. The lowest BCUT2D eigenvalue weighted by molar-refractivity contribution is -0.320. The Hall–Kier alpha value is -11.7. The first-order valence-electron chi connectivity index (χ1n) is 30.2. The van der Waals surface area contributed by atoms with Crippen molar-refractivity contribution in [1.29, 1.82) is 0 Å². The Balaban J connectivity index is -0.000000576. The van der Waals surface area contributed by atoms with Crippen molar-refractivity contribution in [2.24, 2.45) is 0 Å². The molecule has 1 aliphatic heterocycles. The third-order valence-electron chi connectivity index (χ3n) is 10.6. The van der Waals surface area contributed by atoms with Crippen molar-refractivity contribution in [3.63, 3.8) is 0 Å². The van der Waals surface area contributed by atoms with Crippen molar-refractivity contribution in [3.8, 4) is 28.7 Å². The van der Waals surface area contributed by atoms with Gasteiger partial charge in [-0.05, 0) is 74.7 Å². The summed E-state index contributed by atoms with van der Waals surface area (Å²) in [5.41, 5.74) is 0.606. The van der Waals surface area contributed by atoms with E-state index in [0.717, 1.165) is 25.9 Å². The van der Waals surface area contributed by atoms with Gasteiger partial charge in [0.1, 0.15) is 69.1 Å². The zero-order chi connectivity index (χ0) is 84.8. The lowest BCUT2D eigenvalue weighted by atomic mass is 10.1. The highest BCUT2D eigenvalue weighted by Gasteiger charge is 2.58. The molecule has 0 bridgehead atoms. The fourth-order valence-electron chi connectivity index (χ4n) is 6.27. The quantitative estimate of drug-likeness (QED) is 0.00803. The molecule has 1 saturated heterocycles. The Kier molecular flexibility index (Phi) is 58.4. The third-order valence-corrected chi connectivity index (χ3v) is 10.6. The standard InChI is InChI=1S/C10H10O5.C10H10O4.C9H10O4.C8H14O4.C8H8O3.C6H10O5.C5H4F6O3.C5H8O5.C4H5F3O3/c1-14-10(13)7-4-2-3-5-8(7)15-6-9(11)12;1-7(11)8-4-2-3-5-9(8)14-6-10(12)13;1-12-7-4-2-3-5-8(7)13-6-9(10)11;9-8(10)6-11-5-7-3-1-2-4-12-7;9-8(10)6-11-7-4-2-1-3-5-7;1-10-6(9)2-3-11-4-5(7)8;6-4(7,8)3(5(9,10)11)14-1-2(12)13;1-9-5(8)3-10-2-4(6)7;5-4(6,7)2-10-1-3(8)9/h2-5H,6H2,1H3,(H,11,12);2-5H,6H2,1H3,(H,12,13);2-5H,6H2,1H3,(H,10,11);7H,1-6H2,(H,9,10);1-5H,6H2,(H,9,10);2-4H2,1H3,(H,7,8);3H,1H2,(H,12,13);2-3H2,1H3,(H,6,7);1-2H2,(H,8,9). The van der Waals surface area contributed by atoms with Gasteiger partial charge in [0.25, 0.3) is 0 Å². The highest BCUT2D eigenvalue weighted by Crippen LogP contribution is 2.35. The van der Waals surface area contributed by atoms with E-state index in [2.05, 4.69) is 33.2 Å². The van der Waals surface area contributed by atoms with Gasteiger partial charge in [0.15, 0.2) is 43.7 Å². The van der Waals surface area contributed by atoms with Gasteiger partial charge in [-0.15, -0.1) is 0 Å². The first-order chi connectivity index (χ1) is 51.4. The highest BCUT2D eigenvalue weighted by molar-refractivity contribution is 5.97. The van der Waals surface area contributed by atoms with Gasteiger partial charge in [-0.3, -0.25) is 9.59 Å². The number of ether oxygens (including phenoxy) is 14. The van der Waals surface area contributed by atoms with Gasteiger partial charge < -0.3 is 112 Å². The van der Waals surface area contributed by atoms with Crippen molar-refractivity contribution >= 4 is 77.4 Å². The molecule has 0 aliphatic carbocycles. The smallest absolute Gasteiger partial charge is 0.423 e. The molecule has 9 N–H and O–H groups in total. The minimum Gasteiger partial charge on any atom is -0.493 e. The summed E-state index contributed by atoms with van der Waals surface area (Å²) in [5, 5.41) is 73.5. The number of halogens is 9. The summed E-state index contributed by atoms with van der Waals surface area (Å²) in [7, 11) is 5.21. The van der Waals surface area contributed by atoms with Crippen LogP contribution < -0.4 is 23.7 Å². The van der Waals surface area contributed by atoms with E-state index >= 15 is 0 Å². The van der Waals surface area contributed by atoms with E-state index in [1.807, 2.05) is 6.07 Å². The molecule has 110 heavy (non-hydrogen) atoms. The Bertz CT molecular complexity index is 3350. The topological polar surface area (TPSA) is 533 Å². The van der Waals surface area contributed by atoms with E-state index in [1.165, 1.54) is 47.5 Å². The van der Waals surface area contributed by atoms with Crippen LogP contribution in [0.5, 0.6) is 28.7 Å². The fourth-order valence-corrected chi connectivity index (χ4v) is 6.27. The SMILES string of the molecule is CC(=O)c1ccccc1OCC(=O)O.COC(=O)CCOCC(=O)O.COC(=O)COCC(=O)O.COC(=O)c1ccccc1OCC(=O)O.COc1ccccc1OCC(=O)O.O=C(O)COC(C(F)(F)F)C(F)(F)F.O=C(O)COCC(F)(F)F.O=C(O)COCC1CCCCO1.O=C(O)COc1ccccc1. The fraction of sp³-hybridized carbons (Fsp3) is 0.431. The van der Waals surface area contributed by atoms with Crippen LogP contribution in [0.1, 0.15) is 53.3 Å². The van der Waals surface area contributed by atoms with Crippen molar-refractivity contribution in [1.82, 2.24) is 0 Å². The summed E-state index contributed by atoms with van der Waals surface area (Å²) in [6.07, 6.45) is -16.4. The molecule has 0 saturated carbocycles. The zero-order valence-corrected chi connectivity index (χ0v) is 58.6. The maximum atomic E-state index is 11.6. The number of benzene rings is 4. The van der Waals surface area contributed by atoms with Crippen LogP contribution in [0.3, 0.4) is 0 Å². The second-order valence-electron chi connectivity index (χ2n) is 19.5. The molecule has 36 nitrogen and oxygen atoms in total. The van der Waals surface area contributed by atoms with Crippen LogP contribution in [0, 0.1) is 0 Å². The summed E-state index contributed by atoms with van der Waals surface area (Å²) in [5.74, 6) is -10.2. The van der Waals surface area contributed by atoms with Crippen LogP contribution in [0.2, 0.25) is 0 Å². The molecule has 0 radical (unpaired) electrons. The first kappa shape index (κ1) is 105. The van der Waals surface area contributed by atoms with E-state index in [9.17, 15) is 102 Å². The molecule has 4 aromatic carbocycles. The highest BCUT2D eigenvalue weighted by atomic mass is 19.4. The van der Waals surface area contributed by atoms with Crippen LogP contribution in [0.15, 0.2) is 103 Å². The molecule has 5 rings (SSSR count). The van der Waals surface area contributed by atoms with E-state index < -0.39 is 136 Å². The zero-order valence-electron chi connectivity index (χ0n) is 58.6. The van der Waals surface area contributed by atoms with E-state index in [4.69, 9.17) is 79.1 Å². The number of carboxylic acid groups (broad SMARTS) is 9. The number of alkyl halides is 9. The van der Waals surface area contributed by atoms with Gasteiger partial charge in [0.2, 0.25) is 6.10 Å². The predicted octanol–water partition coefficient (Wildman–Crippen LogP) is 6.40. The van der Waals surface area contributed by atoms with Gasteiger partial charge in [-0.2, -0.15) is 39.5 Å². The number of aliphatic carboxylic acids is 9. The summed E-state index contributed by atoms with van der Waals surface area (Å²) in [6, 6.07) is 28.6. The summed E-state index contributed by atoms with van der Waals surface area (Å²) >= 11 is 0. The number of carbonyl (C=O) groups excluding carboxylic acids is 4. The molecule has 1 atom stereocenters.